The molecule has 0 fully saturated rings. The molecule has 96 valence electrons. The molecule has 0 bridgehead atoms. The van der Waals surface area contributed by atoms with Crippen LogP contribution in [0.15, 0.2) is 18.2 Å². The van der Waals surface area contributed by atoms with Crippen molar-refractivity contribution in [2.75, 3.05) is 0 Å². The zero-order valence-corrected chi connectivity index (χ0v) is 10.4. The molecule has 0 amide bonds. The highest BCUT2D eigenvalue weighted by Crippen LogP contribution is 2.24. The number of carboxylic acids is 1. The summed E-state index contributed by atoms with van der Waals surface area (Å²) in [4.78, 5) is 19.8. The number of hydrogen-bond donors (Lipinski definition) is 2. The lowest BCUT2D eigenvalue weighted by Gasteiger charge is -1.97. The smallest absolute Gasteiger partial charge is 0.358 e. The van der Waals surface area contributed by atoms with E-state index in [-0.39, 0.29) is 5.69 Å². The van der Waals surface area contributed by atoms with Crippen molar-refractivity contribution in [1.82, 2.24) is 25.0 Å². The number of imidazole rings is 1. The van der Waals surface area contributed by atoms with Gasteiger partial charge in [0.25, 0.3) is 0 Å². The highest BCUT2D eigenvalue weighted by atomic mass is 16.4. The van der Waals surface area contributed by atoms with Crippen LogP contribution in [0.5, 0.6) is 0 Å². The summed E-state index contributed by atoms with van der Waals surface area (Å²) in [5.41, 5.74) is 2.67. The van der Waals surface area contributed by atoms with Gasteiger partial charge < -0.3 is 10.1 Å². The van der Waals surface area contributed by atoms with Gasteiger partial charge in [-0.1, -0.05) is 6.07 Å². The predicted octanol–water partition coefficient (Wildman–Crippen LogP) is 1.37. The molecule has 0 aliphatic rings. The molecule has 0 aliphatic heterocycles. The Morgan fingerprint density at radius 1 is 1.37 bits per heavy atom. The van der Waals surface area contributed by atoms with Crippen LogP contribution < -0.4 is 0 Å². The molecule has 0 unspecified atom stereocenters. The topological polar surface area (TPSA) is 96.7 Å². The average Bonchev–Trinajstić information content (AvgIpc) is 2.89. The fourth-order valence-electron chi connectivity index (χ4n) is 2.03. The molecule has 0 radical (unpaired) electrons. The normalized spacial score (nSPS) is 11.1. The lowest BCUT2D eigenvalue weighted by atomic mass is 10.1. The fourth-order valence-corrected chi connectivity index (χ4v) is 2.03. The van der Waals surface area contributed by atoms with Crippen molar-refractivity contribution in [3.63, 3.8) is 0 Å². The van der Waals surface area contributed by atoms with Crippen LogP contribution in [0, 0.1) is 6.92 Å². The third-order valence-electron chi connectivity index (χ3n) is 2.79. The van der Waals surface area contributed by atoms with E-state index >= 15 is 0 Å². The summed E-state index contributed by atoms with van der Waals surface area (Å²) < 4.78 is 0. The Labute approximate surface area is 107 Å². The van der Waals surface area contributed by atoms with E-state index in [0.29, 0.717) is 11.3 Å². The quantitative estimate of drug-likeness (QED) is 0.722. The second kappa shape index (κ2) is 3.91. The zero-order valence-electron chi connectivity index (χ0n) is 10.4. The minimum atomic E-state index is -1.09. The molecule has 0 spiro atoms. The molecule has 7 nitrogen and oxygen atoms in total. The minimum absolute atomic E-state index is 0.0573. The van der Waals surface area contributed by atoms with Crippen LogP contribution in [-0.2, 0) is 7.05 Å². The number of carbonyl (C=O) groups is 1. The Kier molecular flexibility index (Phi) is 2.34. The Morgan fingerprint density at radius 2 is 2.16 bits per heavy atom. The molecular weight excluding hydrogens is 246 g/mol. The van der Waals surface area contributed by atoms with E-state index in [9.17, 15) is 4.79 Å². The number of nitrogens with zero attached hydrogens (tertiary/aromatic N) is 4. The summed E-state index contributed by atoms with van der Waals surface area (Å²) in [6, 6.07) is 5.44. The van der Waals surface area contributed by atoms with E-state index in [1.807, 2.05) is 19.1 Å². The van der Waals surface area contributed by atoms with Gasteiger partial charge in [-0.2, -0.15) is 9.90 Å². The second-order valence-electron chi connectivity index (χ2n) is 4.25. The second-order valence-corrected chi connectivity index (χ2v) is 4.25. The molecule has 3 rings (SSSR count). The first-order chi connectivity index (χ1) is 9.04. The number of carboxylic acid groups (broad SMARTS) is 1. The number of H-pyrrole nitrogens is 1. The summed E-state index contributed by atoms with van der Waals surface area (Å²) in [5.74, 6) is -0.284. The van der Waals surface area contributed by atoms with Gasteiger partial charge in [0.05, 0.1) is 11.0 Å². The summed E-state index contributed by atoms with van der Waals surface area (Å²) in [6.45, 7) is 1.87. The van der Waals surface area contributed by atoms with Crippen molar-refractivity contribution in [1.29, 1.82) is 0 Å². The van der Waals surface area contributed by atoms with E-state index in [4.69, 9.17) is 5.11 Å². The van der Waals surface area contributed by atoms with Gasteiger partial charge in [-0.05, 0) is 19.1 Å². The molecule has 19 heavy (non-hydrogen) atoms. The molecule has 0 aliphatic carbocycles. The number of aromatic amines is 1. The molecule has 1 aromatic carbocycles. The van der Waals surface area contributed by atoms with Crippen LogP contribution in [0.25, 0.3) is 22.3 Å². The van der Waals surface area contributed by atoms with E-state index in [1.165, 1.54) is 4.80 Å². The molecule has 2 N–H and O–H groups in total. The number of aromatic carboxylic acids is 1. The van der Waals surface area contributed by atoms with Crippen molar-refractivity contribution >= 4 is 17.0 Å². The molecule has 0 saturated heterocycles. The number of nitrogens with one attached hydrogen (secondary N) is 1. The van der Waals surface area contributed by atoms with Crippen LogP contribution in [-0.4, -0.2) is 36.0 Å². The molecule has 0 atom stereocenters. The zero-order chi connectivity index (χ0) is 13.6. The standard InChI is InChI=1S/C12H11N5O2/c1-6-13-8-4-3-7(5-9(8)14-6)10-11(12(18)19)16-17(2)15-10/h3-5H,1-2H3,(H,13,14)(H,18,19). The summed E-state index contributed by atoms with van der Waals surface area (Å²) in [7, 11) is 1.59. The minimum Gasteiger partial charge on any atom is -0.476 e. The number of rotatable bonds is 2. The van der Waals surface area contributed by atoms with Gasteiger partial charge >= 0.3 is 5.97 Å². The maximum absolute atomic E-state index is 11.1. The van der Waals surface area contributed by atoms with Crippen molar-refractivity contribution in [2.45, 2.75) is 6.92 Å². The van der Waals surface area contributed by atoms with Crippen molar-refractivity contribution in [2.24, 2.45) is 7.05 Å². The van der Waals surface area contributed by atoms with Crippen molar-refractivity contribution < 1.29 is 9.90 Å². The van der Waals surface area contributed by atoms with Gasteiger partial charge in [-0.15, -0.1) is 5.10 Å². The monoisotopic (exact) mass is 257 g/mol. The first-order valence-corrected chi connectivity index (χ1v) is 5.66. The predicted molar refractivity (Wildman–Crippen MR) is 67.8 cm³/mol. The Bertz CT molecular complexity index is 787. The van der Waals surface area contributed by atoms with E-state index in [1.54, 1.807) is 13.1 Å². The van der Waals surface area contributed by atoms with Gasteiger partial charge in [0.15, 0.2) is 5.69 Å². The highest BCUT2D eigenvalue weighted by Gasteiger charge is 2.18. The van der Waals surface area contributed by atoms with Gasteiger partial charge in [-0.3, -0.25) is 0 Å². The van der Waals surface area contributed by atoms with Crippen molar-refractivity contribution in [3.05, 3.63) is 29.7 Å². The number of aryl methyl sites for hydroxylation is 2. The molecule has 3 aromatic rings. The third kappa shape index (κ3) is 1.85. The molecule has 0 saturated carbocycles. The summed E-state index contributed by atoms with van der Waals surface area (Å²) in [5, 5.41) is 17.1. The lowest BCUT2D eigenvalue weighted by Crippen LogP contribution is -2.00. The number of benzene rings is 1. The Morgan fingerprint density at radius 3 is 2.89 bits per heavy atom. The third-order valence-corrected chi connectivity index (χ3v) is 2.79. The largest absolute Gasteiger partial charge is 0.476 e. The first kappa shape index (κ1) is 11.4. The molecular formula is C12H11N5O2. The van der Waals surface area contributed by atoms with Gasteiger partial charge in [0.1, 0.15) is 11.5 Å². The first-order valence-electron chi connectivity index (χ1n) is 5.66. The van der Waals surface area contributed by atoms with Gasteiger partial charge in [0.2, 0.25) is 0 Å². The SMILES string of the molecule is Cc1nc2ccc(-c3nn(C)nc3C(=O)O)cc2[nH]1. The molecule has 7 heteroatoms. The highest BCUT2D eigenvalue weighted by molar-refractivity contribution is 5.93. The van der Waals surface area contributed by atoms with E-state index in [2.05, 4.69) is 20.2 Å². The molecule has 2 heterocycles. The van der Waals surface area contributed by atoms with Crippen LogP contribution >= 0.6 is 0 Å². The van der Waals surface area contributed by atoms with E-state index < -0.39 is 5.97 Å². The number of hydrogen-bond acceptors (Lipinski definition) is 4. The van der Waals surface area contributed by atoms with Crippen LogP contribution in [0.2, 0.25) is 0 Å². The average molecular weight is 257 g/mol. The Hall–Kier alpha value is -2.70. The maximum atomic E-state index is 11.1. The van der Waals surface area contributed by atoms with Crippen LogP contribution in [0.4, 0.5) is 0 Å². The number of fused-ring (bicyclic) bond motifs is 1. The Balaban J connectivity index is 2.20. The van der Waals surface area contributed by atoms with Gasteiger partial charge in [0, 0.05) is 12.6 Å². The summed E-state index contributed by atoms with van der Waals surface area (Å²) in [6.07, 6.45) is 0. The van der Waals surface area contributed by atoms with E-state index in [0.717, 1.165) is 16.9 Å². The van der Waals surface area contributed by atoms with Crippen LogP contribution in [0.1, 0.15) is 16.3 Å². The fraction of sp³-hybridized carbons (Fsp3) is 0.167. The van der Waals surface area contributed by atoms with Crippen molar-refractivity contribution in [3.8, 4) is 11.3 Å². The summed E-state index contributed by atoms with van der Waals surface area (Å²) >= 11 is 0. The van der Waals surface area contributed by atoms with Gasteiger partial charge in [-0.25, -0.2) is 9.78 Å². The molecule has 2 aromatic heterocycles. The van der Waals surface area contributed by atoms with Crippen LogP contribution in [0.3, 0.4) is 0 Å². The lowest BCUT2D eigenvalue weighted by molar-refractivity contribution is 0.0690. The maximum Gasteiger partial charge on any atom is 0.358 e. The number of aromatic nitrogens is 5.